The predicted molar refractivity (Wildman–Crippen MR) is 87.0 cm³/mol. The second-order valence-corrected chi connectivity index (χ2v) is 8.39. The van der Waals surface area contributed by atoms with E-state index in [1.54, 1.807) is 10.5 Å². The smallest absolute Gasteiger partial charge is 0.260 e. The molecule has 4 rings (SSSR count). The van der Waals surface area contributed by atoms with Crippen LogP contribution in [0.25, 0.3) is 0 Å². The molecule has 0 bridgehead atoms. The van der Waals surface area contributed by atoms with Crippen molar-refractivity contribution < 1.29 is 13.2 Å². The number of fused-ring (bicyclic) bond motifs is 1. The minimum atomic E-state index is -3.49. The molecule has 2 aromatic heterocycles. The highest BCUT2D eigenvalue weighted by Gasteiger charge is 2.47. The summed E-state index contributed by atoms with van der Waals surface area (Å²) in [4.78, 5) is 10.8. The number of pyridine rings is 1. The van der Waals surface area contributed by atoms with Gasteiger partial charge in [-0.3, -0.25) is 4.98 Å². The Bertz CT molecular complexity index is 822. The van der Waals surface area contributed by atoms with Crippen LogP contribution in [0.5, 0.6) is 5.75 Å². The van der Waals surface area contributed by atoms with Gasteiger partial charge in [0.15, 0.2) is 5.03 Å². The van der Waals surface area contributed by atoms with Gasteiger partial charge in [-0.25, -0.2) is 13.4 Å². The summed E-state index contributed by atoms with van der Waals surface area (Å²) in [7, 11) is -3.49. The maximum atomic E-state index is 12.6. The van der Waals surface area contributed by atoms with Crippen molar-refractivity contribution in [3.8, 4) is 5.75 Å². The van der Waals surface area contributed by atoms with Crippen molar-refractivity contribution in [3.63, 3.8) is 0 Å². The van der Waals surface area contributed by atoms with Crippen LogP contribution >= 0.6 is 0 Å². The van der Waals surface area contributed by atoms with Crippen LogP contribution in [-0.4, -0.2) is 46.9 Å². The van der Waals surface area contributed by atoms with Crippen molar-refractivity contribution in [2.24, 2.45) is 11.8 Å². The average Bonchev–Trinajstić information content (AvgIpc) is 3.27. The van der Waals surface area contributed by atoms with E-state index in [-0.39, 0.29) is 17.0 Å². The van der Waals surface area contributed by atoms with E-state index in [0.717, 1.165) is 24.3 Å². The Morgan fingerprint density at radius 2 is 2.21 bits per heavy atom. The van der Waals surface area contributed by atoms with Crippen molar-refractivity contribution in [2.45, 2.75) is 30.9 Å². The third-order valence-corrected chi connectivity index (χ3v) is 6.84. The van der Waals surface area contributed by atoms with Gasteiger partial charge in [0.25, 0.3) is 10.0 Å². The number of H-pyrrole nitrogens is 1. The fourth-order valence-corrected chi connectivity index (χ4v) is 5.23. The van der Waals surface area contributed by atoms with Crippen molar-refractivity contribution in [1.29, 1.82) is 0 Å². The molecule has 2 fully saturated rings. The van der Waals surface area contributed by atoms with Crippen molar-refractivity contribution in [2.75, 3.05) is 13.1 Å². The maximum absolute atomic E-state index is 12.6. The lowest BCUT2D eigenvalue weighted by Crippen LogP contribution is -2.32. The maximum Gasteiger partial charge on any atom is 0.260 e. The van der Waals surface area contributed by atoms with E-state index in [9.17, 15) is 8.42 Å². The molecule has 1 aliphatic carbocycles. The number of hydrogen-bond donors (Lipinski definition) is 1. The molecule has 1 aliphatic heterocycles. The minimum Gasteiger partial charge on any atom is -0.488 e. The zero-order valence-electron chi connectivity index (χ0n) is 13.4. The Balaban J connectivity index is 1.51. The summed E-state index contributed by atoms with van der Waals surface area (Å²) in [5.41, 5.74) is 0.862. The van der Waals surface area contributed by atoms with E-state index in [4.69, 9.17) is 4.74 Å². The number of aryl methyl sites for hydroxylation is 1. The highest BCUT2D eigenvalue weighted by atomic mass is 32.2. The van der Waals surface area contributed by atoms with Crippen LogP contribution in [0.15, 0.2) is 35.9 Å². The molecule has 128 valence electrons. The topological polar surface area (TPSA) is 88.2 Å². The summed E-state index contributed by atoms with van der Waals surface area (Å²) in [5.74, 6) is 1.37. The van der Waals surface area contributed by atoms with Gasteiger partial charge in [0, 0.05) is 25.2 Å². The van der Waals surface area contributed by atoms with Crippen LogP contribution in [0, 0.1) is 18.8 Å². The summed E-state index contributed by atoms with van der Waals surface area (Å²) < 4.78 is 33.0. The van der Waals surface area contributed by atoms with Crippen molar-refractivity contribution >= 4 is 10.0 Å². The molecule has 1 saturated heterocycles. The van der Waals surface area contributed by atoms with Crippen LogP contribution in [-0.2, 0) is 10.0 Å². The molecule has 7 nitrogen and oxygen atoms in total. The summed E-state index contributed by atoms with van der Waals surface area (Å²) in [5, 5.41) is 0.156. The first-order valence-electron chi connectivity index (χ1n) is 8.12. The largest absolute Gasteiger partial charge is 0.488 e. The molecule has 0 spiro atoms. The summed E-state index contributed by atoms with van der Waals surface area (Å²) in [6.07, 6.45) is 6.48. The van der Waals surface area contributed by atoms with Gasteiger partial charge in [-0.05, 0) is 37.8 Å². The van der Waals surface area contributed by atoms with Gasteiger partial charge in [-0.2, -0.15) is 4.31 Å². The Morgan fingerprint density at radius 1 is 1.33 bits per heavy atom. The van der Waals surface area contributed by atoms with E-state index >= 15 is 0 Å². The van der Waals surface area contributed by atoms with E-state index in [0.29, 0.717) is 19.0 Å². The van der Waals surface area contributed by atoms with Crippen LogP contribution in [0.3, 0.4) is 0 Å². The molecule has 3 atom stereocenters. The van der Waals surface area contributed by atoms with Crippen molar-refractivity contribution in [3.05, 3.63) is 36.5 Å². The van der Waals surface area contributed by atoms with Gasteiger partial charge in [-0.15, -0.1) is 0 Å². The van der Waals surface area contributed by atoms with Crippen molar-refractivity contribution in [1.82, 2.24) is 19.3 Å². The summed E-state index contributed by atoms with van der Waals surface area (Å²) in [6.45, 7) is 2.97. The first-order chi connectivity index (χ1) is 11.6. The van der Waals surface area contributed by atoms with Gasteiger partial charge in [0.1, 0.15) is 11.9 Å². The lowest BCUT2D eigenvalue weighted by molar-refractivity contribution is 0.153. The van der Waals surface area contributed by atoms with E-state index < -0.39 is 10.0 Å². The Kier molecular flexibility index (Phi) is 3.80. The highest BCUT2D eigenvalue weighted by molar-refractivity contribution is 7.89. The third kappa shape index (κ3) is 2.59. The number of aromatic nitrogens is 3. The third-order valence-electron chi connectivity index (χ3n) is 5.09. The van der Waals surface area contributed by atoms with Crippen LogP contribution in [0.4, 0.5) is 0 Å². The first kappa shape index (κ1) is 15.6. The number of ether oxygens (including phenoxy) is 1. The Labute approximate surface area is 141 Å². The van der Waals surface area contributed by atoms with Crippen LogP contribution in [0.2, 0.25) is 0 Å². The second-order valence-electron chi connectivity index (χ2n) is 6.48. The monoisotopic (exact) mass is 348 g/mol. The van der Waals surface area contributed by atoms with Gasteiger partial charge in [-0.1, -0.05) is 0 Å². The lowest BCUT2D eigenvalue weighted by Gasteiger charge is -2.22. The molecule has 0 amide bonds. The molecule has 2 aliphatic rings. The van der Waals surface area contributed by atoms with E-state index in [2.05, 4.69) is 15.0 Å². The normalized spacial score (nSPS) is 27.3. The molecular weight excluding hydrogens is 328 g/mol. The molecule has 1 saturated carbocycles. The quantitative estimate of drug-likeness (QED) is 0.906. The number of rotatable bonds is 4. The molecule has 0 aromatic carbocycles. The number of imidazole rings is 1. The number of nitrogens with zero attached hydrogens (tertiary/aromatic N) is 3. The fourth-order valence-electron chi connectivity index (χ4n) is 3.80. The van der Waals surface area contributed by atoms with Gasteiger partial charge >= 0.3 is 0 Å². The summed E-state index contributed by atoms with van der Waals surface area (Å²) in [6, 6.07) is 3.78. The van der Waals surface area contributed by atoms with E-state index in [1.165, 1.54) is 12.5 Å². The predicted octanol–water partition coefficient (Wildman–Crippen LogP) is 1.59. The molecular formula is C16H20N4O3S. The Hall–Kier alpha value is -1.93. The number of hydrogen-bond acceptors (Lipinski definition) is 5. The van der Waals surface area contributed by atoms with Crippen LogP contribution in [0.1, 0.15) is 18.5 Å². The first-order valence-corrected chi connectivity index (χ1v) is 9.56. The minimum absolute atomic E-state index is 0.0415. The van der Waals surface area contributed by atoms with E-state index in [1.807, 2.05) is 19.1 Å². The molecule has 2 aromatic rings. The molecule has 1 N–H and O–H groups in total. The molecule has 0 radical (unpaired) electrons. The van der Waals surface area contributed by atoms with Gasteiger partial charge in [0.2, 0.25) is 0 Å². The number of sulfonamides is 1. The Morgan fingerprint density at radius 3 is 2.96 bits per heavy atom. The molecule has 8 heteroatoms. The zero-order valence-corrected chi connectivity index (χ0v) is 14.2. The zero-order chi connectivity index (χ0) is 16.7. The van der Waals surface area contributed by atoms with Crippen LogP contribution < -0.4 is 4.74 Å². The second kappa shape index (κ2) is 5.86. The lowest BCUT2D eigenvalue weighted by atomic mass is 9.99. The summed E-state index contributed by atoms with van der Waals surface area (Å²) >= 11 is 0. The van der Waals surface area contributed by atoms with Gasteiger partial charge in [0.05, 0.1) is 18.2 Å². The SMILES string of the molecule is Cc1ncccc1O[C@@H]1CC[C@@H]2CN(S(=O)(=O)c3cnc[nH]3)C[C@@H]21. The van der Waals surface area contributed by atoms with Gasteiger partial charge < -0.3 is 9.72 Å². The molecule has 3 heterocycles. The highest BCUT2D eigenvalue weighted by Crippen LogP contribution is 2.41. The molecule has 0 unspecified atom stereocenters. The average molecular weight is 348 g/mol. The molecule has 24 heavy (non-hydrogen) atoms. The number of aromatic amines is 1. The standard InChI is InChI=1S/C16H20N4O3S/c1-11-14(3-2-6-18-11)23-15-5-4-12-8-20(9-13(12)15)24(21,22)16-7-17-10-19-16/h2-3,6-7,10,12-13,15H,4-5,8-9H2,1H3,(H,17,19)/t12-,13+,15-/m1/s1. The fraction of sp³-hybridized carbons (Fsp3) is 0.500. The number of nitrogens with one attached hydrogen (secondary N) is 1.